The van der Waals surface area contributed by atoms with Crippen LogP contribution in [0.3, 0.4) is 0 Å². The fourth-order valence-corrected chi connectivity index (χ4v) is 2.54. The van der Waals surface area contributed by atoms with Crippen LogP contribution < -0.4 is 0 Å². The van der Waals surface area contributed by atoms with Gasteiger partial charge in [-0.2, -0.15) is 0 Å². The summed E-state index contributed by atoms with van der Waals surface area (Å²) < 4.78 is 0. The van der Waals surface area contributed by atoms with Gasteiger partial charge in [0.25, 0.3) is 0 Å². The van der Waals surface area contributed by atoms with Crippen LogP contribution in [0.1, 0.15) is 16.8 Å². The van der Waals surface area contributed by atoms with Crippen molar-refractivity contribution in [3.05, 3.63) is 89.1 Å². The van der Waals surface area contributed by atoms with E-state index in [1.54, 1.807) is 0 Å². The van der Waals surface area contributed by atoms with E-state index in [9.17, 15) is 0 Å². The van der Waals surface area contributed by atoms with E-state index in [0.717, 1.165) is 28.6 Å². The lowest BCUT2D eigenvalue weighted by Crippen LogP contribution is -1.84. The number of nitrogens with zero attached hydrogens (tertiary/aromatic N) is 1. The highest BCUT2D eigenvalue weighted by Gasteiger charge is 1.98. The van der Waals surface area contributed by atoms with E-state index >= 15 is 0 Å². The summed E-state index contributed by atoms with van der Waals surface area (Å²) in [5.41, 5.74) is 4.25. The van der Waals surface area contributed by atoms with Crippen molar-refractivity contribution >= 4 is 34.7 Å². The third-order valence-electron chi connectivity index (χ3n) is 3.45. The van der Waals surface area contributed by atoms with Crippen LogP contribution in [0.5, 0.6) is 0 Å². The fraction of sp³-hybridized carbons (Fsp3) is 0.0500. The highest BCUT2D eigenvalue weighted by molar-refractivity contribution is 6.31. The number of aromatic nitrogens is 1. The molecule has 0 amide bonds. The number of pyridine rings is 1. The topological polar surface area (TPSA) is 12.9 Å². The van der Waals surface area contributed by atoms with Crippen LogP contribution in [0.15, 0.2) is 67.3 Å². The van der Waals surface area contributed by atoms with E-state index in [0.29, 0.717) is 5.02 Å². The normalized spacial score (nSPS) is 11.1. The molecule has 0 saturated heterocycles. The molecule has 1 aromatic heterocycles. The Bertz CT molecular complexity index is 849. The van der Waals surface area contributed by atoms with Gasteiger partial charge in [0.1, 0.15) is 0 Å². The maximum absolute atomic E-state index is 6.03. The minimum Gasteiger partial charge on any atom is -0.248 e. The highest BCUT2D eigenvalue weighted by atomic mass is 35.5. The number of hydrogen-bond acceptors (Lipinski definition) is 1. The van der Waals surface area contributed by atoms with E-state index in [1.807, 2.05) is 36.4 Å². The summed E-state index contributed by atoms with van der Waals surface area (Å²) in [6.07, 6.45) is 6.89. The van der Waals surface area contributed by atoms with Gasteiger partial charge in [-0.25, -0.2) is 4.98 Å². The van der Waals surface area contributed by atoms with Gasteiger partial charge in [-0.15, -0.1) is 6.58 Å². The number of fused-ring (bicyclic) bond motifs is 1. The van der Waals surface area contributed by atoms with Crippen LogP contribution in [-0.2, 0) is 6.42 Å². The third kappa shape index (κ3) is 3.44. The number of hydrogen-bond donors (Lipinski definition) is 0. The summed E-state index contributed by atoms with van der Waals surface area (Å²) in [6, 6.07) is 18.2. The Balaban J connectivity index is 1.88. The van der Waals surface area contributed by atoms with E-state index in [4.69, 9.17) is 11.6 Å². The Kier molecular flexibility index (Phi) is 4.36. The molecule has 0 saturated carbocycles. The van der Waals surface area contributed by atoms with Crippen molar-refractivity contribution < 1.29 is 0 Å². The average Bonchev–Trinajstić information content (AvgIpc) is 2.53. The smallest absolute Gasteiger partial charge is 0.0724 e. The number of rotatable bonds is 4. The Labute approximate surface area is 135 Å². The first-order chi connectivity index (χ1) is 10.7. The summed E-state index contributed by atoms with van der Waals surface area (Å²) in [5.74, 6) is 0. The molecule has 0 fully saturated rings. The Morgan fingerprint density at radius 2 is 1.86 bits per heavy atom. The Morgan fingerprint density at radius 1 is 1.00 bits per heavy atom. The second-order valence-corrected chi connectivity index (χ2v) is 5.58. The first-order valence-corrected chi connectivity index (χ1v) is 7.56. The minimum atomic E-state index is 0.707. The van der Waals surface area contributed by atoms with E-state index in [2.05, 4.69) is 48.0 Å². The molecule has 0 unspecified atom stereocenters. The summed E-state index contributed by atoms with van der Waals surface area (Å²) in [7, 11) is 0. The van der Waals surface area contributed by atoms with Crippen LogP contribution in [0.4, 0.5) is 0 Å². The zero-order chi connectivity index (χ0) is 15.4. The van der Waals surface area contributed by atoms with Crippen LogP contribution in [0.25, 0.3) is 23.1 Å². The zero-order valence-electron chi connectivity index (χ0n) is 12.2. The molecule has 1 heterocycles. The van der Waals surface area contributed by atoms with E-state index in [-0.39, 0.29) is 0 Å². The van der Waals surface area contributed by atoms with Gasteiger partial charge in [0, 0.05) is 10.4 Å². The molecular formula is C20H16ClN. The van der Waals surface area contributed by atoms with Crippen LogP contribution in [-0.4, -0.2) is 4.98 Å². The van der Waals surface area contributed by atoms with Gasteiger partial charge >= 0.3 is 0 Å². The van der Waals surface area contributed by atoms with Gasteiger partial charge < -0.3 is 0 Å². The average molecular weight is 306 g/mol. The molecule has 22 heavy (non-hydrogen) atoms. The van der Waals surface area contributed by atoms with E-state index < -0.39 is 0 Å². The first-order valence-electron chi connectivity index (χ1n) is 7.19. The quantitative estimate of drug-likeness (QED) is 0.556. The number of halogens is 1. The standard InChI is InChI=1S/C20H16ClN/c1-2-4-15-5-3-6-16(13-15)7-11-19-12-9-17-8-10-18(21)14-20(17)22-19/h2-3,5-14H,1,4H2. The maximum atomic E-state index is 6.03. The zero-order valence-corrected chi connectivity index (χ0v) is 12.9. The largest absolute Gasteiger partial charge is 0.248 e. The molecule has 0 spiro atoms. The molecule has 1 nitrogen and oxygen atoms in total. The Morgan fingerprint density at radius 3 is 2.73 bits per heavy atom. The molecule has 0 aliphatic carbocycles. The van der Waals surface area contributed by atoms with Crippen molar-refractivity contribution in [2.45, 2.75) is 6.42 Å². The third-order valence-corrected chi connectivity index (χ3v) is 3.69. The number of allylic oxidation sites excluding steroid dienone is 1. The van der Waals surface area contributed by atoms with Gasteiger partial charge in [0.15, 0.2) is 0 Å². The predicted octanol–water partition coefficient (Wildman–Crippen LogP) is 5.79. The van der Waals surface area contributed by atoms with Gasteiger partial charge in [0.05, 0.1) is 11.2 Å². The molecular weight excluding hydrogens is 290 g/mol. The highest BCUT2D eigenvalue weighted by Crippen LogP contribution is 2.19. The molecule has 0 N–H and O–H groups in total. The van der Waals surface area contributed by atoms with Gasteiger partial charge in [0.2, 0.25) is 0 Å². The molecule has 2 aromatic carbocycles. The molecule has 2 heteroatoms. The summed E-state index contributed by atoms with van der Waals surface area (Å²) in [5, 5.41) is 1.80. The lowest BCUT2D eigenvalue weighted by atomic mass is 10.1. The summed E-state index contributed by atoms with van der Waals surface area (Å²) in [4.78, 5) is 4.62. The number of benzene rings is 2. The van der Waals surface area contributed by atoms with E-state index in [1.165, 1.54) is 5.56 Å². The SMILES string of the molecule is C=CCc1cccc(C=Cc2ccc3ccc(Cl)cc3n2)c1. The lowest BCUT2D eigenvalue weighted by molar-refractivity contribution is 1.27. The Hall–Kier alpha value is -2.38. The summed E-state index contributed by atoms with van der Waals surface area (Å²) >= 11 is 6.03. The second-order valence-electron chi connectivity index (χ2n) is 5.14. The molecule has 0 aliphatic heterocycles. The van der Waals surface area contributed by atoms with Crippen molar-refractivity contribution in [3.8, 4) is 0 Å². The minimum absolute atomic E-state index is 0.707. The van der Waals surface area contributed by atoms with Crippen molar-refractivity contribution in [1.82, 2.24) is 4.98 Å². The molecule has 0 atom stereocenters. The fourth-order valence-electron chi connectivity index (χ4n) is 2.37. The molecule has 0 radical (unpaired) electrons. The second kappa shape index (κ2) is 6.59. The molecule has 108 valence electrons. The van der Waals surface area contributed by atoms with Crippen molar-refractivity contribution in [2.75, 3.05) is 0 Å². The van der Waals surface area contributed by atoms with Crippen molar-refractivity contribution in [2.24, 2.45) is 0 Å². The van der Waals surface area contributed by atoms with Crippen molar-refractivity contribution in [3.63, 3.8) is 0 Å². The van der Waals surface area contributed by atoms with Gasteiger partial charge in [-0.1, -0.05) is 60.2 Å². The lowest BCUT2D eigenvalue weighted by Gasteiger charge is -2.01. The van der Waals surface area contributed by atoms with Gasteiger partial charge in [-0.05, 0) is 41.8 Å². The molecule has 0 bridgehead atoms. The van der Waals surface area contributed by atoms with Crippen LogP contribution in [0.2, 0.25) is 5.02 Å². The summed E-state index contributed by atoms with van der Waals surface area (Å²) in [6.45, 7) is 3.78. The molecule has 3 rings (SSSR count). The van der Waals surface area contributed by atoms with Crippen LogP contribution >= 0.6 is 11.6 Å². The maximum Gasteiger partial charge on any atom is 0.0724 e. The van der Waals surface area contributed by atoms with Gasteiger partial charge in [-0.3, -0.25) is 0 Å². The van der Waals surface area contributed by atoms with Crippen molar-refractivity contribution in [1.29, 1.82) is 0 Å². The predicted molar refractivity (Wildman–Crippen MR) is 96.0 cm³/mol. The van der Waals surface area contributed by atoms with Crippen LogP contribution in [0, 0.1) is 0 Å². The molecule has 3 aromatic rings. The monoisotopic (exact) mass is 305 g/mol. The molecule has 0 aliphatic rings. The first kappa shape index (κ1) is 14.6.